The van der Waals surface area contributed by atoms with Gasteiger partial charge in [0.25, 0.3) is 0 Å². The van der Waals surface area contributed by atoms with Crippen LogP contribution in [-0.4, -0.2) is 8.07 Å². The Kier molecular flexibility index (Phi) is 9.89. The van der Waals surface area contributed by atoms with Crippen molar-refractivity contribution >= 4 is 124 Å². The maximum atomic E-state index is 7.13. The van der Waals surface area contributed by atoms with Crippen LogP contribution in [-0.2, 0) is 5.41 Å². The summed E-state index contributed by atoms with van der Waals surface area (Å²) in [5, 5.41) is 13.1. The number of furan rings is 2. The van der Waals surface area contributed by atoms with Gasteiger partial charge < -0.3 is 18.6 Å². The van der Waals surface area contributed by atoms with Crippen molar-refractivity contribution in [1.82, 2.24) is 0 Å². The molecule has 2 heterocycles. The van der Waals surface area contributed by atoms with Crippen LogP contribution in [0.1, 0.15) is 27.8 Å². The molecule has 1 spiro atoms. The van der Waals surface area contributed by atoms with Gasteiger partial charge in [-0.1, -0.05) is 189 Å². The first-order chi connectivity index (χ1) is 40.2. The molecule has 0 aliphatic heterocycles. The largest absolute Gasteiger partial charge is 0.454 e. The zero-order chi connectivity index (χ0) is 54.6. The van der Waals surface area contributed by atoms with Gasteiger partial charge in [0.2, 0.25) is 0 Å². The summed E-state index contributed by atoms with van der Waals surface area (Å²) in [5.74, 6) is 0. The van der Waals surface area contributed by atoms with Gasteiger partial charge >= 0.3 is 0 Å². The summed E-state index contributed by atoms with van der Waals surface area (Å²) < 4.78 is 14.0. The lowest BCUT2D eigenvalue weighted by atomic mass is 9.70. The number of para-hydroxylation sites is 6. The highest BCUT2D eigenvalue weighted by Crippen LogP contribution is 2.65. The summed E-state index contributed by atoms with van der Waals surface area (Å²) in [6.45, 7) is 9.33. The Bertz CT molecular complexity index is 5180. The van der Waals surface area contributed by atoms with E-state index >= 15 is 0 Å². The molecule has 0 saturated carbocycles. The van der Waals surface area contributed by atoms with Crippen LogP contribution >= 0.6 is 0 Å². The van der Waals surface area contributed by atoms with Crippen molar-refractivity contribution in [3.8, 4) is 22.3 Å². The first-order valence-corrected chi connectivity index (χ1v) is 32.1. The van der Waals surface area contributed by atoms with Crippen LogP contribution in [0.15, 0.2) is 264 Å². The number of nitrogens with zero attached hydrogens (tertiary/aromatic N) is 2. The van der Waals surface area contributed by atoms with Crippen molar-refractivity contribution in [3.05, 3.63) is 283 Å². The summed E-state index contributed by atoms with van der Waals surface area (Å²) in [6.07, 6.45) is 0. The van der Waals surface area contributed by atoms with E-state index < -0.39 is 13.5 Å². The average molecular weight is 1070 g/mol. The van der Waals surface area contributed by atoms with Crippen LogP contribution in [0, 0.1) is 6.92 Å². The number of benzene rings is 13. The van der Waals surface area contributed by atoms with E-state index in [0.29, 0.717) is 0 Å². The maximum Gasteiger partial charge on any atom is 0.159 e. The Balaban J connectivity index is 0.902. The fourth-order valence-corrected chi connectivity index (χ4v) is 15.9. The second-order valence-electron chi connectivity index (χ2n) is 23.6. The molecule has 4 nitrogen and oxygen atoms in total. The molecule has 388 valence electrons. The average Bonchev–Trinajstić information content (AvgIpc) is 2.54. The first-order valence-electron chi connectivity index (χ1n) is 28.6. The van der Waals surface area contributed by atoms with Crippen LogP contribution in [0.4, 0.5) is 34.1 Å². The summed E-state index contributed by atoms with van der Waals surface area (Å²) in [5.41, 5.74) is 20.8. The van der Waals surface area contributed by atoms with Gasteiger partial charge in [-0.2, -0.15) is 0 Å². The smallest absolute Gasteiger partial charge is 0.159 e. The van der Waals surface area contributed by atoms with E-state index in [4.69, 9.17) is 8.83 Å². The van der Waals surface area contributed by atoms with E-state index in [2.05, 4.69) is 291 Å². The van der Waals surface area contributed by atoms with Gasteiger partial charge in [-0.05, 0) is 179 Å². The summed E-state index contributed by atoms with van der Waals surface area (Å²) in [6, 6.07) is 94.7. The van der Waals surface area contributed by atoms with E-state index in [1.165, 1.54) is 87.4 Å². The zero-order valence-electron chi connectivity index (χ0n) is 46.0. The number of rotatable bonds is 7. The van der Waals surface area contributed by atoms with Crippen LogP contribution in [0.5, 0.6) is 0 Å². The highest BCUT2D eigenvalue weighted by Gasteiger charge is 2.52. The zero-order valence-corrected chi connectivity index (χ0v) is 47.0. The lowest BCUT2D eigenvalue weighted by Crippen LogP contribution is -2.37. The third-order valence-electron chi connectivity index (χ3n) is 18.0. The standard InChI is InChI=1S/C77H54N2O2Si/c1-47-19-15-27-58-59-28-16-32-69(74(59)80-73(47)58)78(53-21-7-5-8-22-53)55-38-35-49-43-63-64-44-50-36-39-56(79(54-23-9-6-10-24-54)70-33-17-29-60-61-30-18-34-71(82(2,3)4)76(61)81-75(60)70)42-52(50)46-68(64)77(67(63)45-51(49)41-55)65-31-14-13-26-62(65)72-57-25-12-11-20-48(57)37-40-66(72)77/h5-46H,1-4H3. The number of hydrogen-bond donors (Lipinski definition) is 0. The quantitative estimate of drug-likeness (QED) is 0.149. The second-order valence-corrected chi connectivity index (χ2v) is 28.6. The highest BCUT2D eigenvalue weighted by molar-refractivity contribution is 6.90. The van der Waals surface area contributed by atoms with Crippen molar-refractivity contribution in [2.24, 2.45) is 0 Å². The van der Waals surface area contributed by atoms with E-state index in [1.807, 2.05) is 0 Å². The monoisotopic (exact) mass is 1070 g/mol. The minimum Gasteiger partial charge on any atom is -0.454 e. The molecule has 15 aromatic rings. The first kappa shape index (κ1) is 46.9. The molecular formula is C77H54N2O2Si. The molecule has 17 rings (SSSR count). The van der Waals surface area contributed by atoms with Gasteiger partial charge in [0.05, 0.1) is 24.9 Å². The Labute approximate surface area is 476 Å². The molecule has 0 fully saturated rings. The second kappa shape index (κ2) is 17.3. The third kappa shape index (κ3) is 6.60. The lowest BCUT2D eigenvalue weighted by Gasteiger charge is -2.31. The van der Waals surface area contributed by atoms with Crippen LogP contribution in [0.3, 0.4) is 0 Å². The molecule has 82 heavy (non-hydrogen) atoms. The minimum atomic E-state index is -1.74. The lowest BCUT2D eigenvalue weighted by molar-refractivity contribution is 0.666. The Morgan fingerprint density at radius 3 is 1.41 bits per heavy atom. The molecular weight excluding hydrogens is 1010 g/mol. The van der Waals surface area contributed by atoms with Gasteiger partial charge in [0.1, 0.15) is 11.2 Å². The fraction of sp³-hybridized carbons (Fsp3) is 0.0649. The van der Waals surface area contributed by atoms with Gasteiger partial charge in [0.15, 0.2) is 11.2 Å². The molecule has 2 aromatic heterocycles. The normalized spacial score (nSPS) is 14.4. The summed E-state index contributed by atoms with van der Waals surface area (Å²) >= 11 is 0. The Morgan fingerprint density at radius 2 is 0.805 bits per heavy atom. The SMILES string of the molecule is Cc1cccc2c1oc1c(N(c3ccccc3)c3ccc4cc5c(cc4c3)C3(c4cc6cc(N(c7ccccc7)c7cccc8c7oc7c([Si](C)(C)C)cccc78)ccc6cc4-5)c4ccccc4-c4c3ccc3ccccc43)cccc12. The molecule has 2 aliphatic carbocycles. The van der Waals surface area contributed by atoms with E-state index in [1.54, 1.807) is 0 Å². The topological polar surface area (TPSA) is 32.8 Å². The number of fused-ring (bicyclic) bond motifs is 20. The molecule has 0 amide bonds. The van der Waals surface area contributed by atoms with E-state index in [-0.39, 0.29) is 0 Å². The maximum absolute atomic E-state index is 7.13. The molecule has 0 bridgehead atoms. The van der Waals surface area contributed by atoms with Crippen molar-refractivity contribution in [2.45, 2.75) is 32.0 Å². The molecule has 2 aliphatic rings. The highest BCUT2D eigenvalue weighted by atomic mass is 28.3. The Hall–Kier alpha value is -9.94. The van der Waals surface area contributed by atoms with Gasteiger partial charge in [-0.15, -0.1) is 0 Å². The van der Waals surface area contributed by atoms with Gasteiger partial charge in [0, 0.05) is 44.3 Å². The van der Waals surface area contributed by atoms with Crippen LogP contribution in [0.2, 0.25) is 19.6 Å². The fourth-order valence-electron chi connectivity index (χ4n) is 14.4. The molecule has 0 saturated heterocycles. The van der Waals surface area contributed by atoms with Gasteiger partial charge in [-0.3, -0.25) is 0 Å². The van der Waals surface area contributed by atoms with Gasteiger partial charge in [-0.25, -0.2) is 0 Å². The van der Waals surface area contributed by atoms with Crippen LogP contribution < -0.4 is 15.0 Å². The number of hydrogen-bond acceptors (Lipinski definition) is 4. The summed E-state index contributed by atoms with van der Waals surface area (Å²) in [7, 11) is -1.74. The predicted molar refractivity (Wildman–Crippen MR) is 347 cm³/mol. The van der Waals surface area contributed by atoms with Crippen molar-refractivity contribution in [2.75, 3.05) is 9.80 Å². The molecule has 0 N–H and O–H groups in total. The Morgan fingerprint density at radius 1 is 0.317 bits per heavy atom. The van der Waals surface area contributed by atoms with E-state index in [0.717, 1.165) is 78.2 Å². The molecule has 1 unspecified atom stereocenters. The van der Waals surface area contributed by atoms with Crippen molar-refractivity contribution < 1.29 is 8.83 Å². The molecule has 0 radical (unpaired) electrons. The molecule has 5 heteroatoms. The number of anilines is 6. The molecule has 1 atom stereocenters. The predicted octanol–water partition coefficient (Wildman–Crippen LogP) is 21.1. The minimum absolute atomic E-state index is 0.626. The van der Waals surface area contributed by atoms with Crippen LogP contribution in [0.25, 0.3) is 98.4 Å². The molecule has 13 aromatic carbocycles. The number of aryl methyl sites for hydroxylation is 1. The van der Waals surface area contributed by atoms with Crippen molar-refractivity contribution in [1.29, 1.82) is 0 Å². The van der Waals surface area contributed by atoms with Crippen molar-refractivity contribution in [3.63, 3.8) is 0 Å². The summed E-state index contributed by atoms with van der Waals surface area (Å²) in [4.78, 5) is 4.76. The van der Waals surface area contributed by atoms with E-state index in [9.17, 15) is 0 Å². The third-order valence-corrected chi connectivity index (χ3v) is 20.0.